The number of hydrogen-bond acceptors (Lipinski definition) is 2. The Morgan fingerprint density at radius 3 is 2.83 bits per heavy atom. The van der Waals surface area contributed by atoms with E-state index in [1.54, 1.807) is 7.11 Å². The topological polar surface area (TPSA) is 21.3 Å². The third kappa shape index (κ3) is 2.51. The van der Waals surface area contributed by atoms with Crippen LogP contribution >= 0.6 is 0 Å². The molecule has 12 heavy (non-hydrogen) atoms. The Labute approximate surface area is 74.7 Å². The fourth-order valence-electron chi connectivity index (χ4n) is 1.71. The Morgan fingerprint density at radius 2 is 2.33 bits per heavy atom. The molecule has 1 aliphatic rings. The molecule has 2 heteroatoms. The molecule has 1 N–H and O–H groups in total. The van der Waals surface area contributed by atoms with E-state index in [9.17, 15) is 0 Å². The second-order valence-electron chi connectivity index (χ2n) is 3.42. The molecule has 0 radical (unpaired) electrons. The lowest BCUT2D eigenvalue weighted by molar-refractivity contribution is 0.107. The van der Waals surface area contributed by atoms with Crippen LogP contribution in [0, 0.1) is 12.3 Å². The first-order valence-electron chi connectivity index (χ1n) is 4.51. The first-order valence-corrected chi connectivity index (χ1v) is 4.51. The van der Waals surface area contributed by atoms with Crippen LogP contribution in [0.3, 0.4) is 0 Å². The summed E-state index contributed by atoms with van der Waals surface area (Å²) in [5, 5.41) is 3.38. The van der Waals surface area contributed by atoms with E-state index in [2.05, 4.69) is 11.2 Å². The van der Waals surface area contributed by atoms with Crippen LogP contribution in [-0.2, 0) is 4.74 Å². The number of rotatable bonds is 3. The van der Waals surface area contributed by atoms with Crippen LogP contribution in [0.1, 0.15) is 26.2 Å². The molecule has 0 bridgehead atoms. The zero-order valence-corrected chi connectivity index (χ0v) is 7.84. The molecule has 0 aromatic rings. The van der Waals surface area contributed by atoms with Gasteiger partial charge in [-0.05, 0) is 26.2 Å². The summed E-state index contributed by atoms with van der Waals surface area (Å²) >= 11 is 0. The smallest absolute Gasteiger partial charge is 0.0660 e. The monoisotopic (exact) mass is 167 g/mol. The van der Waals surface area contributed by atoms with Crippen LogP contribution in [0.2, 0.25) is 0 Å². The van der Waals surface area contributed by atoms with E-state index in [0.717, 1.165) is 12.8 Å². The van der Waals surface area contributed by atoms with Gasteiger partial charge in [-0.1, -0.05) is 5.92 Å². The van der Waals surface area contributed by atoms with Crippen molar-refractivity contribution in [2.75, 3.05) is 7.11 Å². The first kappa shape index (κ1) is 9.57. The molecule has 3 atom stereocenters. The molecule has 0 heterocycles. The summed E-state index contributed by atoms with van der Waals surface area (Å²) in [6, 6.07) is 0.742. The minimum atomic E-state index is 0.186. The minimum absolute atomic E-state index is 0.186. The van der Waals surface area contributed by atoms with Crippen LogP contribution < -0.4 is 5.32 Å². The summed E-state index contributed by atoms with van der Waals surface area (Å²) in [6.45, 7) is 2.01. The van der Waals surface area contributed by atoms with Gasteiger partial charge in [-0.2, -0.15) is 0 Å². The highest BCUT2D eigenvalue weighted by Gasteiger charge is 2.24. The molecule has 0 aliphatic heterocycles. The minimum Gasteiger partial charge on any atom is -0.381 e. The number of terminal acetylenes is 1. The molecule has 1 aliphatic carbocycles. The lowest BCUT2D eigenvalue weighted by Gasteiger charge is -2.14. The largest absolute Gasteiger partial charge is 0.381 e. The second-order valence-corrected chi connectivity index (χ2v) is 3.42. The predicted molar refractivity (Wildman–Crippen MR) is 49.9 cm³/mol. The van der Waals surface area contributed by atoms with E-state index in [4.69, 9.17) is 11.2 Å². The van der Waals surface area contributed by atoms with Gasteiger partial charge in [-0.3, -0.25) is 0 Å². The Morgan fingerprint density at radius 1 is 1.58 bits per heavy atom. The highest BCUT2D eigenvalue weighted by molar-refractivity contribution is 4.98. The van der Waals surface area contributed by atoms with Crippen molar-refractivity contribution in [2.24, 2.45) is 0 Å². The molecule has 1 saturated carbocycles. The maximum atomic E-state index is 5.27. The SMILES string of the molecule is C#CC(C)NC1CCC(OC)C1. The van der Waals surface area contributed by atoms with Crippen molar-refractivity contribution in [3.8, 4) is 12.3 Å². The van der Waals surface area contributed by atoms with Gasteiger partial charge in [0.25, 0.3) is 0 Å². The maximum Gasteiger partial charge on any atom is 0.0660 e. The quantitative estimate of drug-likeness (QED) is 0.637. The van der Waals surface area contributed by atoms with Gasteiger partial charge in [-0.15, -0.1) is 6.42 Å². The zero-order valence-electron chi connectivity index (χ0n) is 7.84. The Bertz CT molecular complexity index is 173. The van der Waals surface area contributed by atoms with Gasteiger partial charge >= 0.3 is 0 Å². The van der Waals surface area contributed by atoms with E-state index < -0.39 is 0 Å². The zero-order chi connectivity index (χ0) is 8.97. The van der Waals surface area contributed by atoms with Crippen molar-refractivity contribution in [2.45, 2.75) is 44.4 Å². The number of methoxy groups -OCH3 is 1. The standard InChI is InChI=1S/C10H17NO/c1-4-8(2)11-9-5-6-10(7-9)12-3/h1,8-11H,5-7H2,2-3H3. The summed E-state index contributed by atoms with van der Waals surface area (Å²) in [4.78, 5) is 0. The van der Waals surface area contributed by atoms with Crippen molar-refractivity contribution in [3.05, 3.63) is 0 Å². The fraction of sp³-hybridized carbons (Fsp3) is 0.800. The van der Waals surface area contributed by atoms with Gasteiger partial charge in [0, 0.05) is 13.2 Å². The Kier molecular flexibility index (Phi) is 3.58. The first-order chi connectivity index (χ1) is 5.76. The summed E-state index contributed by atoms with van der Waals surface area (Å²) in [5.41, 5.74) is 0. The summed E-state index contributed by atoms with van der Waals surface area (Å²) < 4.78 is 5.26. The molecule has 0 amide bonds. The van der Waals surface area contributed by atoms with E-state index in [1.165, 1.54) is 6.42 Å². The number of hydrogen-bond donors (Lipinski definition) is 1. The molecule has 68 valence electrons. The van der Waals surface area contributed by atoms with Crippen molar-refractivity contribution in [3.63, 3.8) is 0 Å². The summed E-state index contributed by atoms with van der Waals surface area (Å²) in [5.74, 6) is 2.67. The van der Waals surface area contributed by atoms with Crippen molar-refractivity contribution < 1.29 is 4.74 Å². The number of nitrogens with one attached hydrogen (secondary N) is 1. The van der Waals surface area contributed by atoms with Crippen LogP contribution in [0.25, 0.3) is 0 Å². The van der Waals surface area contributed by atoms with Crippen LogP contribution in [-0.4, -0.2) is 25.3 Å². The molecular weight excluding hydrogens is 150 g/mol. The van der Waals surface area contributed by atoms with Gasteiger partial charge in [0.15, 0.2) is 0 Å². The Balaban J connectivity index is 2.24. The molecule has 0 aromatic carbocycles. The van der Waals surface area contributed by atoms with Gasteiger partial charge in [-0.25, -0.2) is 0 Å². The van der Waals surface area contributed by atoms with E-state index in [1.807, 2.05) is 6.92 Å². The maximum absolute atomic E-state index is 5.27. The Hall–Kier alpha value is -0.520. The van der Waals surface area contributed by atoms with Crippen LogP contribution in [0.4, 0.5) is 0 Å². The molecule has 3 unspecified atom stereocenters. The van der Waals surface area contributed by atoms with Gasteiger partial charge in [0.2, 0.25) is 0 Å². The molecule has 1 fully saturated rings. The van der Waals surface area contributed by atoms with Gasteiger partial charge in [0.05, 0.1) is 12.1 Å². The van der Waals surface area contributed by atoms with Gasteiger partial charge in [0.1, 0.15) is 0 Å². The molecular formula is C10H17NO. The van der Waals surface area contributed by atoms with Gasteiger partial charge < -0.3 is 10.1 Å². The molecule has 1 rings (SSSR count). The highest BCUT2D eigenvalue weighted by atomic mass is 16.5. The summed E-state index contributed by atoms with van der Waals surface area (Å²) in [7, 11) is 1.78. The van der Waals surface area contributed by atoms with E-state index in [-0.39, 0.29) is 6.04 Å². The van der Waals surface area contributed by atoms with Crippen LogP contribution in [0.15, 0.2) is 0 Å². The van der Waals surface area contributed by atoms with Crippen molar-refractivity contribution in [1.82, 2.24) is 5.32 Å². The predicted octanol–water partition coefficient (Wildman–Crippen LogP) is 1.17. The average molecular weight is 167 g/mol. The lowest BCUT2D eigenvalue weighted by atomic mass is 10.2. The van der Waals surface area contributed by atoms with Crippen molar-refractivity contribution in [1.29, 1.82) is 0 Å². The number of ether oxygens (including phenoxy) is 1. The third-order valence-electron chi connectivity index (χ3n) is 2.45. The molecule has 0 aromatic heterocycles. The average Bonchev–Trinajstić information content (AvgIpc) is 2.52. The molecule has 0 saturated heterocycles. The second kappa shape index (κ2) is 4.49. The lowest BCUT2D eigenvalue weighted by Crippen LogP contribution is -2.34. The highest BCUT2D eigenvalue weighted by Crippen LogP contribution is 2.21. The normalized spacial score (nSPS) is 31.4. The summed E-state index contributed by atoms with van der Waals surface area (Å²) in [6.07, 6.45) is 9.15. The van der Waals surface area contributed by atoms with E-state index >= 15 is 0 Å². The molecule has 0 spiro atoms. The fourth-order valence-corrected chi connectivity index (χ4v) is 1.71. The van der Waals surface area contributed by atoms with E-state index in [0.29, 0.717) is 12.1 Å². The van der Waals surface area contributed by atoms with Crippen molar-refractivity contribution >= 4 is 0 Å². The molecule has 2 nitrogen and oxygen atoms in total. The third-order valence-corrected chi connectivity index (χ3v) is 2.45. The van der Waals surface area contributed by atoms with Crippen LogP contribution in [0.5, 0.6) is 0 Å².